The van der Waals surface area contributed by atoms with Gasteiger partial charge in [0.05, 0.1) is 17.7 Å². The maximum Gasteiger partial charge on any atom is 0.227 e. The topological polar surface area (TPSA) is 38.3 Å². The maximum atomic E-state index is 12.0. The molecule has 2 rings (SSSR count). The predicted octanol–water partition coefficient (Wildman–Crippen LogP) is 3.66. The second-order valence-corrected chi connectivity index (χ2v) is 5.70. The second-order valence-electron chi connectivity index (χ2n) is 4.90. The van der Waals surface area contributed by atoms with Crippen LogP contribution in [0.15, 0.2) is 22.7 Å². The summed E-state index contributed by atoms with van der Waals surface area (Å²) in [6, 6.07) is 5.84. The van der Waals surface area contributed by atoms with Gasteiger partial charge in [-0.1, -0.05) is 12.1 Å². The van der Waals surface area contributed by atoms with E-state index in [1.54, 1.807) is 7.11 Å². The van der Waals surface area contributed by atoms with Crippen molar-refractivity contribution in [3.05, 3.63) is 28.2 Å². The van der Waals surface area contributed by atoms with Gasteiger partial charge in [0, 0.05) is 11.6 Å². The first kappa shape index (κ1) is 13.6. The number of hydrogen-bond donors (Lipinski definition) is 1. The second kappa shape index (κ2) is 5.41. The number of rotatable bonds is 4. The Morgan fingerprint density at radius 1 is 1.50 bits per heavy atom. The molecular weight excluding hydrogens is 294 g/mol. The van der Waals surface area contributed by atoms with Gasteiger partial charge in [-0.15, -0.1) is 0 Å². The fourth-order valence-corrected chi connectivity index (χ4v) is 2.62. The molecule has 0 saturated heterocycles. The van der Waals surface area contributed by atoms with Gasteiger partial charge in [-0.2, -0.15) is 0 Å². The number of carbonyl (C=O) groups excluding carboxylic acids is 1. The Bertz CT molecular complexity index is 450. The third kappa shape index (κ3) is 2.75. The number of benzene rings is 1. The number of amides is 1. The minimum absolute atomic E-state index is 0.0165. The maximum absolute atomic E-state index is 12.0. The monoisotopic (exact) mass is 311 g/mol. The first-order valence-electron chi connectivity index (χ1n) is 6.16. The van der Waals surface area contributed by atoms with Crippen molar-refractivity contribution >= 4 is 27.5 Å². The molecule has 0 aromatic heterocycles. The van der Waals surface area contributed by atoms with Crippen molar-refractivity contribution in [3.8, 4) is 0 Å². The molecule has 0 heterocycles. The van der Waals surface area contributed by atoms with Gasteiger partial charge in [0.15, 0.2) is 0 Å². The smallest absolute Gasteiger partial charge is 0.227 e. The zero-order valence-corrected chi connectivity index (χ0v) is 12.3. The lowest BCUT2D eigenvalue weighted by Crippen LogP contribution is -2.42. The largest absolute Gasteiger partial charge is 0.378 e. The van der Waals surface area contributed by atoms with Crippen LogP contribution in [-0.2, 0) is 9.53 Å². The van der Waals surface area contributed by atoms with Crippen LogP contribution >= 0.6 is 15.9 Å². The molecule has 0 unspecified atom stereocenters. The van der Waals surface area contributed by atoms with Gasteiger partial charge in [-0.05, 0) is 53.7 Å². The van der Waals surface area contributed by atoms with Crippen molar-refractivity contribution in [2.24, 2.45) is 0 Å². The van der Waals surface area contributed by atoms with Crippen molar-refractivity contribution in [1.29, 1.82) is 0 Å². The molecule has 0 aliphatic heterocycles. The van der Waals surface area contributed by atoms with E-state index in [0.717, 1.165) is 35.0 Å². The highest BCUT2D eigenvalue weighted by atomic mass is 79.9. The van der Waals surface area contributed by atoms with Crippen molar-refractivity contribution < 1.29 is 9.53 Å². The fourth-order valence-electron chi connectivity index (χ4n) is 2.26. The number of methoxy groups -OCH3 is 1. The van der Waals surface area contributed by atoms with Crippen molar-refractivity contribution in [2.75, 3.05) is 12.4 Å². The Kier molecular flexibility index (Phi) is 4.07. The lowest BCUT2D eigenvalue weighted by atomic mass is 9.77. The third-order valence-corrected chi connectivity index (χ3v) is 4.70. The van der Waals surface area contributed by atoms with Crippen LogP contribution in [0.1, 0.15) is 31.2 Å². The van der Waals surface area contributed by atoms with Gasteiger partial charge in [-0.25, -0.2) is 0 Å². The Labute approximate surface area is 116 Å². The van der Waals surface area contributed by atoms with Gasteiger partial charge in [-0.3, -0.25) is 4.79 Å². The molecule has 0 spiro atoms. The predicted molar refractivity (Wildman–Crippen MR) is 75.7 cm³/mol. The molecule has 0 bridgehead atoms. The minimum atomic E-state index is -0.222. The zero-order chi connectivity index (χ0) is 13.2. The van der Waals surface area contributed by atoms with Gasteiger partial charge >= 0.3 is 0 Å². The van der Waals surface area contributed by atoms with Gasteiger partial charge < -0.3 is 10.1 Å². The molecule has 0 radical (unpaired) electrons. The number of anilines is 1. The highest BCUT2D eigenvalue weighted by Crippen LogP contribution is 2.38. The summed E-state index contributed by atoms with van der Waals surface area (Å²) in [4.78, 5) is 12.0. The van der Waals surface area contributed by atoms with E-state index in [0.29, 0.717) is 6.42 Å². The van der Waals surface area contributed by atoms with Crippen LogP contribution in [0.2, 0.25) is 0 Å². The van der Waals surface area contributed by atoms with Crippen LogP contribution in [-0.4, -0.2) is 18.6 Å². The van der Waals surface area contributed by atoms with Gasteiger partial charge in [0.1, 0.15) is 0 Å². The molecule has 4 heteroatoms. The summed E-state index contributed by atoms with van der Waals surface area (Å²) < 4.78 is 6.41. The van der Waals surface area contributed by atoms with E-state index in [1.165, 1.54) is 0 Å². The lowest BCUT2D eigenvalue weighted by molar-refractivity contribution is -0.129. The number of halogens is 1. The zero-order valence-electron chi connectivity index (χ0n) is 10.8. The van der Waals surface area contributed by atoms with E-state index in [2.05, 4.69) is 21.2 Å². The van der Waals surface area contributed by atoms with Crippen molar-refractivity contribution in [2.45, 2.75) is 38.2 Å². The molecule has 1 amide bonds. The van der Waals surface area contributed by atoms with Crippen LogP contribution in [0.3, 0.4) is 0 Å². The first-order valence-corrected chi connectivity index (χ1v) is 6.96. The Hall–Kier alpha value is -0.870. The number of ether oxygens (including phenoxy) is 1. The van der Waals surface area contributed by atoms with Crippen molar-refractivity contribution in [3.63, 3.8) is 0 Å². The Morgan fingerprint density at radius 2 is 2.22 bits per heavy atom. The summed E-state index contributed by atoms with van der Waals surface area (Å²) in [5.74, 6) is 0.0165. The molecule has 1 N–H and O–H groups in total. The molecule has 1 aromatic carbocycles. The Morgan fingerprint density at radius 3 is 2.78 bits per heavy atom. The van der Waals surface area contributed by atoms with E-state index in [-0.39, 0.29) is 11.5 Å². The third-order valence-electron chi connectivity index (χ3n) is 3.65. The van der Waals surface area contributed by atoms with E-state index in [9.17, 15) is 4.79 Å². The van der Waals surface area contributed by atoms with Gasteiger partial charge in [0.25, 0.3) is 0 Å². The molecule has 1 aromatic rings. The summed E-state index contributed by atoms with van der Waals surface area (Å²) >= 11 is 3.49. The number of hydrogen-bond acceptors (Lipinski definition) is 2. The van der Waals surface area contributed by atoms with Crippen LogP contribution < -0.4 is 5.32 Å². The SMILES string of the molecule is COC1(CC(=O)Nc2cccc(C)c2Br)CCC1. The average Bonchev–Trinajstić information content (AvgIpc) is 2.30. The highest BCUT2D eigenvalue weighted by Gasteiger charge is 2.39. The minimum Gasteiger partial charge on any atom is -0.378 e. The molecule has 0 atom stereocenters. The fraction of sp³-hybridized carbons (Fsp3) is 0.500. The highest BCUT2D eigenvalue weighted by molar-refractivity contribution is 9.10. The van der Waals surface area contributed by atoms with E-state index in [1.807, 2.05) is 25.1 Å². The van der Waals surface area contributed by atoms with Gasteiger partial charge in [0.2, 0.25) is 5.91 Å². The summed E-state index contributed by atoms with van der Waals surface area (Å²) in [6.07, 6.45) is 3.54. The molecule has 1 fully saturated rings. The number of nitrogens with one attached hydrogen (secondary N) is 1. The molecule has 1 aliphatic rings. The van der Waals surface area contributed by atoms with Crippen LogP contribution in [0, 0.1) is 6.92 Å². The molecule has 1 saturated carbocycles. The normalized spacial score (nSPS) is 17.1. The summed E-state index contributed by atoms with van der Waals surface area (Å²) in [7, 11) is 1.69. The molecule has 98 valence electrons. The summed E-state index contributed by atoms with van der Waals surface area (Å²) in [6.45, 7) is 2.00. The molecule has 1 aliphatic carbocycles. The number of aryl methyl sites for hydroxylation is 1. The van der Waals surface area contributed by atoms with Crippen LogP contribution in [0.5, 0.6) is 0 Å². The number of carbonyl (C=O) groups is 1. The molecule has 3 nitrogen and oxygen atoms in total. The van der Waals surface area contributed by atoms with Crippen LogP contribution in [0.25, 0.3) is 0 Å². The molecular formula is C14H18BrNO2. The summed E-state index contributed by atoms with van der Waals surface area (Å²) in [5, 5.41) is 2.94. The van der Waals surface area contributed by atoms with Crippen molar-refractivity contribution in [1.82, 2.24) is 0 Å². The average molecular weight is 312 g/mol. The first-order chi connectivity index (χ1) is 8.56. The van der Waals surface area contributed by atoms with E-state index >= 15 is 0 Å². The lowest BCUT2D eigenvalue weighted by Gasteiger charge is -2.39. The van der Waals surface area contributed by atoms with E-state index in [4.69, 9.17) is 4.74 Å². The standard InChI is InChI=1S/C14H18BrNO2/c1-10-5-3-6-11(13(10)15)16-12(17)9-14(18-2)7-4-8-14/h3,5-6H,4,7-9H2,1-2H3,(H,16,17). The van der Waals surface area contributed by atoms with Crippen LogP contribution in [0.4, 0.5) is 5.69 Å². The summed E-state index contributed by atoms with van der Waals surface area (Å²) in [5.41, 5.74) is 1.71. The molecule has 18 heavy (non-hydrogen) atoms. The quantitative estimate of drug-likeness (QED) is 0.921. The van der Waals surface area contributed by atoms with E-state index < -0.39 is 0 Å². The Balaban J connectivity index is 2.01.